The molecule has 0 unspecified atom stereocenters. The minimum Gasteiger partial charge on any atom is -0.346 e. The summed E-state index contributed by atoms with van der Waals surface area (Å²) in [5.74, 6) is -0.707. The number of benzene rings is 1. The normalized spacial score (nSPS) is 17.3. The molecule has 1 N–H and O–H groups in total. The molecule has 0 spiro atoms. The van der Waals surface area contributed by atoms with E-state index < -0.39 is 23.2 Å². The quantitative estimate of drug-likeness (QED) is 0.846. The topological polar surface area (TPSA) is 29.1 Å². The molecule has 0 radical (unpaired) electrons. The Kier molecular flexibility index (Phi) is 3.27. The average molecular weight is 278 g/mol. The molecule has 0 saturated heterocycles. The van der Waals surface area contributed by atoms with Gasteiger partial charge in [-0.15, -0.1) is 11.6 Å². The van der Waals surface area contributed by atoms with E-state index in [0.29, 0.717) is 12.8 Å². The Morgan fingerprint density at radius 1 is 1.33 bits per heavy atom. The van der Waals surface area contributed by atoms with Crippen LogP contribution in [-0.2, 0) is 16.5 Å². The van der Waals surface area contributed by atoms with Crippen molar-refractivity contribution in [3.05, 3.63) is 35.4 Å². The number of carbonyl (C=O) groups excluding carboxylic acids is 1. The highest BCUT2D eigenvalue weighted by Crippen LogP contribution is 2.49. The Bertz CT molecular complexity index is 469. The van der Waals surface area contributed by atoms with Crippen molar-refractivity contribution in [3.63, 3.8) is 0 Å². The fraction of sp³-hybridized carbons (Fsp3) is 0.417. The van der Waals surface area contributed by atoms with Gasteiger partial charge in [0.2, 0.25) is 5.91 Å². The lowest BCUT2D eigenvalue weighted by Crippen LogP contribution is -2.37. The first kappa shape index (κ1) is 13.2. The minimum absolute atomic E-state index is 0.121. The molecule has 0 bridgehead atoms. The van der Waals surface area contributed by atoms with Crippen LogP contribution in [0.15, 0.2) is 24.3 Å². The number of amides is 1. The zero-order valence-electron chi connectivity index (χ0n) is 9.35. The highest BCUT2D eigenvalue weighted by molar-refractivity contribution is 6.27. The Morgan fingerprint density at radius 3 is 2.44 bits per heavy atom. The van der Waals surface area contributed by atoms with Gasteiger partial charge in [0.25, 0.3) is 0 Å². The predicted molar refractivity (Wildman–Crippen MR) is 61.2 cm³/mol. The van der Waals surface area contributed by atoms with Crippen LogP contribution in [0.5, 0.6) is 0 Å². The summed E-state index contributed by atoms with van der Waals surface area (Å²) in [6.45, 7) is 0. The molecule has 2 nitrogen and oxygen atoms in total. The molecule has 1 aliphatic carbocycles. The number of nitrogens with one attached hydrogen (secondary N) is 1. The third-order valence-electron chi connectivity index (χ3n) is 3.00. The standard InChI is InChI=1S/C12H11ClF3NO/c13-7-10(18)17-11(5-6-11)8-3-1-2-4-9(8)12(14,15)16/h1-4H,5-7H2,(H,17,18). The molecule has 98 valence electrons. The second-order valence-corrected chi connectivity index (χ2v) is 4.57. The summed E-state index contributed by atoms with van der Waals surface area (Å²) in [5.41, 5.74) is -1.47. The number of halogens is 4. The molecular weight excluding hydrogens is 267 g/mol. The van der Waals surface area contributed by atoms with Crippen molar-refractivity contribution in [3.8, 4) is 0 Å². The maximum absolute atomic E-state index is 12.9. The molecule has 6 heteroatoms. The second-order valence-electron chi connectivity index (χ2n) is 4.31. The van der Waals surface area contributed by atoms with E-state index >= 15 is 0 Å². The minimum atomic E-state index is -4.42. The van der Waals surface area contributed by atoms with Gasteiger partial charge in [-0.1, -0.05) is 18.2 Å². The van der Waals surface area contributed by atoms with Crippen molar-refractivity contribution in [2.75, 3.05) is 5.88 Å². The van der Waals surface area contributed by atoms with Gasteiger partial charge in [0, 0.05) is 0 Å². The van der Waals surface area contributed by atoms with E-state index in [1.165, 1.54) is 18.2 Å². The van der Waals surface area contributed by atoms with Crippen LogP contribution in [0.4, 0.5) is 13.2 Å². The van der Waals surface area contributed by atoms with E-state index in [4.69, 9.17) is 11.6 Å². The lowest BCUT2D eigenvalue weighted by atomic mass is 9.98. The van der Waals surface area contributed by atoms with Crippen LogP contribution in [0.2, 0.25) is 0 Å². The number of rotatable bonds is 3. The molecule has 2 rings (SSSR count). The van der Waals surface area contributed by atoms with Crippen molar-refractivity contribution in [2.24, 2.45) is 0 Å². The summed E-state index contributed by atoms with van der Waals surface area (Å²) >= 11 is 5.37. The third kappa shape index (κ3) is 2.46. The second kappa shape index (κ2) is 4.46. The Morgan fingerprint density at radius 2 is 1.94 bits per heavy atom. The van der Waals surface area contributed by atoms with E-state index in [9.17, 15) is 18.0 Å². The molecule has 0 aromatic heterocycles. The lowest BCUT2D eigenvalue weighted by molar-refractivity contribution is -0.139. The molecule has 0 aliphatic heterocycles. The van der Waals surface area contributed by atoms with Crippen LogP contribution < -0.4 is 5.32 Å². The maximum atomic E-state index is 12.9. The first-order valence-corrected chi connectivity index (χ1v) is 5.96. The lowest BCUT2D eigenvalue weighted by Gasteiger charge is -2.22. The molecule has 0 heterocycles. The zero-order chi connectivity index (χ0) is 13.4. The molecule has 1 amide bonds. The number of hydrogen-bond donors (Lipinski definition) is 1. The first-order chi connectivity index (χ1) is 8.39. The maximum Gasteiger partial charge on any atom is 0.416 e. The summed E-state index contributed by atoms with van der Waals surface area (Å²) in [6.07, 6.45) is -3.41. The number of alkyl halides is 4. The smallest absolute Gasteiger partial charge is 0.346 e. The van der Waals surface area contributed by atoms with Crippen molar-refractivity contribution in [1.82, 2.24) is 5.32 Å². The van der Waals surface area contributed by atoms with Gasteiger partial charge in [-0.2, -0.15) is 13.2 Å². The van der Waals surface area contributed by atoms with Crippen LogP contribution in [0.3, 0.4) is 0 Å². The van der Waals surface area contributed by atoms with Gasteiger partial charge < -0.3 is 5.32 Å². The van der Waals surface area contributed by atoms with Crippen LogP contribution in [0.25, 0.3) is 0 Å². The van der Waals surface area contributed by atoms with Gasteiger partial charge in [-0.25, -0.2) is 0 Å². The van der Waals surface area contributed by atoms with Gasteiger partial charge in [-0.05, 0) is 24.5 Å². The van der Waals surface area contributed by atoms with Crippen molar-refractivity contribution in [2.45, 2.75) is 24.6 Å². The fourth-order valence-electron chi connectivity index (χ4n) is 2.03. The highest BCUT2D eigenvalue weighted by Gasteiger charge is 2.50. The SMILES string of the molecule is O=C(CCl)NC1(c2ccccc2C(F)(F)F)CC1. The van der Waals surface area contributed by atoms with Crippen LogP contribution in [0.1, 0.15) is 24.0 Å². The van der Waals surface area contributed by atoms with Gasteiger partial charge in [0.1, 0.15) is 5.88 Å². The molecule has 1 aliphatic rings. The summed E-state index contributed by atoms with van der Waals surface area (Å²) in [5, 5.41) is 2.57. The van der Waals surface area contributed by atoms with Gasteiger partial charge in [0.05, 0.1) is 11.1 Å². The summed E-state index contributed by atoms with van der Waals surface area (Å²) in [6, 6.07) is 5.32. The van der Waals surface area contributed by atoms with Crippen LogP contribution in [-0.4, -0.2) is 11.8 Å². The summed E-state index contributed by atoms with van der Waals surface area (Å²) < 4.78 is 38.7. The summed E-state index contributed by atoms with van der Waals surface area (Å²) in [7, 11) is 0. The highest BCUT2D eigenvalue weighted by atomic mass is 35.5. The molecule has 1 aromatic carbocycles. The van der Waals surface area contributed by atoms with Crippen LogP contribution in [0, 0.1) is 0 Å². The van der Waals surface area contributed by atoms with Crippen molar-refractivity contribution < 1.29 is 18.0 Å². The van der Waals surface area contributed by atoms with Crippen molar-refractivity contribution in [1.29, 1.82) is 0 Å². The van der Waals surface area contributed by atoms with E-state index in [1.807, 2.05) is 0 Å². The fourth-order valence-corrected chi connectivity index (χ4v) is 2.10. The van der Waals surface area contributed by atoms with E-state index in [0.717, 1.165) is 6.07 Å². The zero-order valence-corrected chi connectivity index (χ0v) is 10.1. The number of hydrogen-bond acceptors (Lipinski definition) is 1. The largest absolute Gasteiger partial charge is 0.416 e. The average Bonchev–Trinajstić information content (AvgIpc) is 3.09. The molecule has 1 aromatic rings. The van der Waals surface area contributed by atoms with Gasteiger partial charge in [-0.3, -0.25) is 4.79 Å². The number of carbonyl (C=O) groups is 1. The molecule has 18 heavy (non-hydrogen) atoms. The van der Waals surface area contributed by atoms with Gasteiger partial charge in [0.15, 0.2) is 0 Å². The molecule has 1 saturated carbocycles. The van der Waals surface area contributed by atoms with E-state index in [1.54, 1.807) is 0 Å². The molecule has 0 atom stereocenters. The molecule has 1 fully saturated rings. The van der Waals surface area contributed by atoms with E-state index in [2.05, 4.69) is 5.32 Å². The van der Waals surface area contributed by atoms with Gasteiger partial charge >= 0.3 is 6.18 Å². The van der Waals surface area contributed by atoms with E-state index in [-0.39, 0.29) is 11.4 Å². The molecular formula is C12H11ClF3NO. The summed E-state index contributed by atoms with van der Waals surface area (Å²) in [4.78, 5) is 11.3. The third-order valence-corrected chi connectivity index (χ3v) is 3.24. The predicted octanol–water partition coefficient (Wildman–Crippen LogP) is 3.05. The first-order valence-electron chi connectivity index (χ1n) is 5.43. The van der Waals surface area contributed by atoms with Crippen molar-refractivity contribution >= 4 is 17.5 Å². The Balaban J connectivity index is 2.37. The Hall–Kier alpha value is -1.23. The van der Waals surface area contributed by atoms with Crippen LogP contribution >= 0.6 is 11.6 Å². The Labute approximate surface area is 107 Å². The monoisotopic (exact) mass is 277 g/mol.